The molecular weight excluding hydrogens is 421 g/mol. The Balaban J connectivity index is 1.60. The van der Waals surface area contributed by atoms with E-state index in [1.54, 1.807) is 32.9 Å². The van der Waals surface area contributed by atoms with Crippen LogP contribution in [0.1, 0.15) is 67.5 Å². The molecular formula is C23H23F3N4O2. The molecule has 1 aliphatic rings. The quantitative estimate of drug-likeness (QED) is 0.618. The number of halogens is 3. The van der Waals surface area contributed by atoms with Crippen LogP contribution in [-0.4, -0.2) is 26.5 Å². The third kappa shape index (κ3) is 3.94. The molecule has 168 valence electrons. The maximum Gasteiger partial charge on any atom is 0.416 e. The number of rotatable bonds is 4. The van der Waals surface area contributed by atoms with Crippen molar-refractivity contribution in [3.63, 3.8) is 0 Å². The van der Waals surface area contributed by atoms with Gasteiger partial charge >= 0.3 is 6.18 Å². The molecule has 0 unspecified atom stereocenters. The summed E-state index contributed by atoms with van der Waals surface area (Å²) in [7, 11) is 0. The van der Waals surface area contributed by atoms with Crippen molar-refractivity contribution in [2.75, 3.05) is 0 Å². The second-order valence-corrected chi connectivity index (χ2v) is 8.12. The van der Waals surface area contributed by atoms with Gasteiger partial charge in [-0.15, -0.1) is 0 Å². The summed E-state index contributed by atoms with van der Waals surface area (Å²) in [6.07, 6.45) is -2.78. The largest absolute Gasteiger partial charge is 0.416 e. The Morgan fingerprint density at radius 3 is 2.56 bits per heavy atom. The van der Waals surface area contributed by atoms with Crippen molar-refractivity contribution in [2.24, 2.45) is 0 Å². The number of aromatic nitrogens is 3. The molecule has 0 atom stereocenters. The smallest absolute Gasteiger partial charge is 0.354 e. The molecule has 1 aromatic carbocycles. The number of Topliss-reactive ketones (excluding diaryl/α,β-unsaturated/α-hetero) is 1. The highest BCUT2D eigenvalue weighted by Gasteiger charge is 2.34. The van der Waals surface area contributed by atoms with E-state index in [1.165, 1.54) is 10.7 Å². The first-order valence-electron chi connectivity index (χ1n) is 10.3. The molecule has 2 N–H and O–H groups in total. The van der Waals surface area contributed by atoms with Crippen LogP contribution in [-0.2, 0) is 19.1 Å². The predicted molar refractivity (Wildman–Crippen MR) is 112 cm³/mol. The zero-order valence-corrected chi connectivity index (χ0v) is 18.0. The molecule has 1 amide bonds. The minimum atomic E-state index is -4.60. The van der Waals surface area contributed by atoms with E-state index < -0.39 is 17.6 Å². The standard InChI is InChI=1S/C23H23F3N4O2/c1-12-9-13(2)30(29-12)16-8-7-15(17(10-16)23(24,25)26)11-27-22(32)21-14(3)20-18(28-21)5-4-6-19(20)31/h7-10,28H,4-6,11H2,1-3H3,(H,27,32). The molecule has 2 heterocycles. The zero-order chi connectivity index (χ0) is 23.2. The van der Waals surface area contributed by atoms with Crippen LogP contribution >= 0.6 is 0 Å². The summed E-state index contributed by atoms with van der Waals surface area (Å²) in [5.74, 6) is -0.557. The van der Waals surface area contributed by atoms with Gasteiger partial charge in [-0.05, 0) is 62.9 Å². The monoisotopic (exact) mass is 444 g/mol. The van der Waals surface area contributed by atoms with Crippen LogP contribution in [0.2, 0.25) is 0 Å². The number of nitrogens with zero attached hydrogens (tertiary/aromatic N) is 2. The van der Waals surface area contributed by atoms with Crippen LogP contribution in [0.15, 0.2) is 24.3 Å². The lowest BCUT2D eigenvalue weighted by atomic mass is 9.94. The highest BCUT2D eigenvalue weighted by molar-refractivity contribution is 6.04. The van der Waals surface area contributed by atoms with Crippen molar-refractivity contribution in [1.29, 1.82) is 0 Å². The Morgan fingerprint density at radius 1 is 1.19 bits per heavy atom. The summed E-state index contributed by atoms with van der Waals surface area (Å²) in [5, 5.41) is 6.81. The number of amides is 1. The van der Waals surface area contributed by atoms with Crippen LogP contribution in [0, 0.1) is 20.8 Å². The van der Waals surface area contributed by atoms with Crippen molar-refractivity contribution in [2.45, 2.75) is 52.8 Å². The fourth-order valence-corrected chi connectivity index (χ4v) is 4.27. The van der Waals surface area contributed by atoms with Gasteiger partial charge in [0.15, 0.2) is 5.78 Å². The van der Waals surface area contributed by atoms with Crippen molar-refractivity contribution < 1.29 is 22.8 Å². The Hall–Kier alpha value is -3.36. The number of carbonyl (C=O) groups excluding carboxylic acids is 2. The molecule has 0 saturated heterocycles. The van der Waals surface area contributed by atoms with Gasteiger partial charge in [0.25, 0.3) is 5.91 Å². The molecule has 2 aromatic heterocycles. The van der Waals surface area contributed by atoms with Gasteiger partial charge in [0.2, 0.25) is 0 Å². The molecule has 0 radical (unpaired) electrons. The first-order valence-corrected chi connectivity index (χ1v) is 10.3. The third-order valence-electron chi connectivity index (χ3n) is 5.76. The summed E-state index contributed by atoms with van der Waals surface area (Å²) in [6.45, 7) is 4.91. The number of aromatic amines is 1. The van der Waals surface area contributed by atoms with E-state index >= 15 is 0 Å². The minimum absolute atomic E-state index is 0.0156. The van der Waals surface area contributed by atoms with Gasteiger partial charge in [-0.2, -0.15) is 18.3 Å². The molecule has 3 aromatic rings. The number of nitrogens with one attached hydrogen (secondary N) is 2. The number of alkyl halides is 3. The Kier molecular flexibility index (Phi) is 5.44. The van der Waals surface area contributed by atoms with Crippen LogP contribution in [0.4, 0.5) is 13.2 Å². The fraction of sp³-hybridized carbons (Fsp3) is 0.348. The Labute approximate surface area is 182 Å². The SMILES string of the molecule is Cc1cc(C)n(-c2ccc(CNC(=O)c3[nH]c4c(c3C)C(=O)CCC4)c(C(F)(F)F)c2)n1. The highest BCUT2D eigenvalue weighted by Crippen LogP contribution is 2.34. The molecule has 32 heavy (non-hydrogen) atoms. The van der Waals surface area contributed by atoms with E-state index in [1.807, 2.05) is 0 Å². The van der Waals surface area contributed by atoms with E-state index in [0.29, 0.717) is 47.5 Å². The molecule has 1 aliphatic carbocycles. The van der Waals surface area contributed by atoms with Crippen LogP contribution < -0.4 is 5.32 Å². The summed E-state index contributed by atoms with van der Waals surface area (Å²) in [6, 6.07) is 5.72. The Morgan fingerprint density at radius 2 is 1.94 bits per heavy atom. The summed E-state index contributed by atoms with van der Waals surface area (Å²) >= 11 is 0. The first-order chi connectivity index (χ1) is 15.1. The average Bonchev–Trinajstić information content (AvgIpc) is 3.24. The highest BCUT2D eigenvalue weighted by atomic mass is 19.4. The molecule has 0 aliphatic heterocycles. The van der Waals surface area contributed by atoms with Crippen LogP contribution in [0.3, 0.4) is 0 Å². The minimum Gasteiger partial charge on any atom is -0.354 e. The van der Waals surface area contributed by atoms with Gasteiger partial charge in [0.05, 0.1) is 16.9 Å². The van der Waals surface area contributed by atoms with Crippen molar-refractivity contribution >= 4 is 11.7 Å². The maximum atomic E-state index is 13.8. The normalized spacial score (nSPS) is 13.9. The molecule has 0 saturated carbocycles. The predicted octanol–water partition coefficient (Wildman–Crippen LogP) is 4.59. The van der Waals surface area contributed by atoms with Crippen LogP contribution in [0.25, 0.3) is 5.69 Å². The van der Waals surface area contributed by atoms with Crippen molar-refractivity contribution in [3.05, 3.63) is 69.3 Å². The molecule has 4 rings (SSSR count). The lowest BCUT2D eigenvalue weighted by Crippen LogP contribution is -2.25. The number of fused-ring (bicyclic) bond motifs is 1. The number of aryl methyl sites for hydroxylation is 3. The van der Waals surface area contributed by atoms with Gasteiger partial charge in [0, 0.05) is 29.9 Å². The third-order valence-corrected chi connectivity index (χ3v) is 5.76. The number of hydrogen-bond acceptors (Lipinski definition) is 3. The molecule has 9 heteroatoms. The van der Waals surface area contributed by atoms with Gasteiger partial charge in [-0.3, -0.25) is 9.59 Å². The summed E-state index contributed by atoms with van der Waals surface area (Å²) in [4.78, 5) is 27.9. The second kappa shape index (κ2) is 7.96. The first kappa shape index (κ1) is 21.9. The van der Waals surface area contributed by atoms with Crippen molar-refractivity contribution in [1.82, 2.24) is 20.1 Å². The van der Waals surface area contributed by atoms with E-state index in [4.69, 9.17) is 0 Å². The van der Waals surface area contributed by atoms with Crippen LogP contribution in [0.5, 0.6) is 0 Å². The van der Waals surface area contributed by atoms with E-state index in [-0.39, 0.29) is 23.6 Å². The van der Waals surface area contributed by atoms with Gasteiger partial charge < -0.3 is 10.3 Å². The average molecular weight is 444 g/mol. The van der Waals surface area contributed by atoms with E-state index in [0.717, 1.165) is 11.8 Å². The number of hydrogen-bond donors (Lipinski definition) is 2. The van der Waals surface area contributed by atoms with E-state index in [9.17, 15) is 22.8 Å². The molecule has 0 fully saturated rings. The fourth-order valence-electron chi connectivity index (χ4n) is 4.27. The van der Waals surface area contributed by atoms with E-state index in [2.05, 4.69) is 15.4 Å². The maximum absolute atomic E-state index is 13.8. The van der Waals surface area contributed by atoms with Gasteiger partial charge in [0.1, 0.15) is 5.69 Å². The summed E-state index contributed by atoms with van der Waals surface area (Å²) < 4.78 is 42.8. The summed E-state index contributed by atoms with van der Waals surface area (Å²) in [5.41, 5.74) is 2.84. The second-order valence-electron chi connectivity index (χ2n) is 8.12. The topological polar surface area (TPSA) is 79.8 Å². The number of H-pyrrole nitrogens is 1. The lowest BCUT2D eigenvalue weighted by molar-refractivity contribution is -0.138. The number of ketones is 1. The van der Waals surface area contributed by atoms with Gasteiger partial charge in [-0.25, -0.2) is 4.68 Å². The van der Waals surface area contributed by atoms with Gasteiger partial charge in [-0.1, -0.05) is 6.07 Å². The molecule has 0 bridgehead atoms. The zero-order valence-electron chi connectivity index (χ0n) is 18.0. The molecule has 0 spiro atoms. The Bertz CT molecular complexity index is 1220. The van der Waals surface area contributed by atoms with Crippen molar-refractivity contribution in [3.8, 4) is 5.69 Å². The lowest BCUT2D eigenvalue weighted by Gasteiger charge is -2.16. The number of benzene rings is 1. The number of carbonyl (C=O) groups is 2. The molecule has 6 nitrogen and oxygen atoms in total.